The van der Waals surface area contributed by atoms with Crippen LogP contribution >= 0.6 is 0 Å². The fourth-order valence-electron chi connectivity index (χ4n) is 1.65. The number of hydrogen-bond donors (Lipinski definition) is 0. The second-order valence-electron chi connectivity index (χ2n) is 3.12. The summed E-state index contributed by atoms with van der Waals surface area (Å²) in [5.74, 6) is 1.93. The molecule has 0 N–H and O–H groups in total. The summed E-state index contributed by atoms with van der Waals surface area (Å²) in [5.41, 5.74) is 1.49. The highest BCUT2D eigenvalue weighted by molar-refractivity contribution is 5.23. The summed E-state index contributed by atoms with van der Waals surface area (Å²) in [4.78, 5) is 0. The molecule has 1 aliphatic carbocycles. The van der Waals surface area contributed by atoms with E-state index in [0.29, 0.717) is 5.92 Å². The average Bonchev–Trinajstić information content (AvgIpc) is 2.33. The van der Waals surface area contributed by atoms with Crippen molar-refractivity contribution in [2.45, 2.75) is 19.8 Å². The van der Waals surface area contributed by atoms with E-state index >= 15 is 0 Å². The third-order valence-corrected chi connectivity index (χ3v) is 2.24. The van der Waals surface area contributed by atoms with Gasteiger partial charge in [0, 0.05) is 5.92 Å². The van der Waals surface area contributed by atoms with Gasteiger partial charge in [-0.25, -0.2) is 0 Å². The molecule has 1 aliphatic heterocycles. The molecule has 0 aromatic heterocycles. The maximum Gasteiger partial charge on any atom is 0.0995 e. The van der Waals surface area contributed by atoms with Crippen LogP contribution in [0.4, 0.5) is 0 Å². The minimum atomic E-state index is 0.713. The molecule has 0 amide bonds. The van der Waals surface area contributed by atoms with Gasteiger partial charge in [-0.15, -0.1) is 0 Å². The molecule has 1 heteroatoms. The quantitative estimate of drug-likeness (QED) is 0.496. The molecule has 0 saturated carbocycles. The highest BCUT2D eigenvalue weighted by atomic mass is 16.5. The van der Waals surface area contributed by atoms with Crippen molar-refractivity contribution >= 4 is 0 Å². The third-order valence-electron chi connectivity index (χ3n) is 2.24. The molecule has 1 fully saturated rings. The molecular formula is C9H12O. The van der Waals surface area contributed by atoms with Gasteiger partial charge in [-0.3, -0.25) is 0 Å². The Morgan fingerprint density at radius 1 is 1.50 bits per heavy atom. The van der Waals surface area contributed by atoms with E-state index in [1.807, 2.05) is 0 Å². The van der Waals surface area contributed by atoms with Crippen molar-refractivity contribution in [3.05, 3.63) is 23.5 Å². The Morgan fingerprint density at radius 3 is 3.30 bits per heavy atom. The van der Waals surface area contributed by atoms with E-state index < -0.39 is 0 Å². The molecule has 0 aromatic rings. The van der Waals surface area contributed by atoms with Gasteiger partial charge < -0.3 is 4.74 Å². The van der Waals surface area contributed by atoms with Gasteiger partial charge in [-0.05, 0) is 25.8 Å². The van der Waals surface area contributed by atoms with Crippen molar-refractivity contribution < 1.29 is 4.74 Å². The lowest BCUT2D eigenvalue weighted by atomic mass is 9.93. The second kappa shape index (κ2) is 2.15. The first kappa shape index (κ1) is 6.02. The Bertz CT molecular complexity index is 201. The molecule has 0 bridgehead atoms. The molecule has 1 nitrogen and oxygen atoms in total. The Hall–Kier alpha value is -0.720. The van der Waals surface area contributed by atoms with Crippen molar-refractivity contribution in [3.63, 3.8) is 0 Å². The molecule has 10 heavy (non-hydrogen) atoms. The lowest BCUT2D eigenvalue weighted by Crippen LogP contribution is -2.01. The molecule has 1 atom stereocenters. The van der Waals surface area contributed by atoms with Crippen LogP contribution in [0.3, 0.4) is 0 Å². The van der Waals surface area contributed by atoms with E-state index in [0.717, 1.165) is 6.61 Å². The zero-order chi connectivity index (χ0) is 6.97. The van der Waals surface area contributed by atoms with E-state index in [2.05, 4.69) is 19.1 Å². The first-order chi connectivity index (χ1) is 4.86. The van der Waals surface area contributed by atoms with Crippen LogP contribution < -0.4 is 0 Å². The Balaban J connectivity index is 2.22. The zero-order valence-corrected chi connectivity index (χ0v) is 6.26. The fourth-order valence-corrected chi connectivity index (χ4v) is 1.65. The molecule has 0 radical (unpaired) electrons. The Kier molecular flexibility index (Phi) is 1.30. The normalized spacial score (nSPS) is 30.3. The number of allylic oxidation sites excluding steroid dienone is 4. The van der Waals surface area contributed by atoms with E-state index in [9.17, 15) is 0 Å². The minimum absolute atomic E-state index is 0.713. The SMILES string of the molecule is CC1=CC=C2OCCC2C1. The summed E-state index contributed by atoms with van der Waals surface area (Å²) in [6.45, 7) is 3.11. The van der Waals surface area contributed by atoms with Crippen LogP contribution in [-0.2, 0) is 4.74 Å². The number of rotatable bonds is 0. The smallest absolute Gasteiger partial charge is 0.0995 e. The first-order valence-corrected chi connectivity index (χ1v) is 3.86. The molecule has 1 unspecified atom stereocenters. The number of ether oxygens (including phenoxy) is 1. The molecule has 0 spiro atoms. The molecule has 1 heterocycles. The molecule has 1 saturated heterocycles. The highest BCUT2D eigenvalue weighted by Gasteiger charge is 2.24. The molecule has 54 valence electrons. The van der Waals surface area contributed by atoms with Gasteiger partial charge in [-0.1, -0.05) is 11.6 Å². The lowest BCUT2D eigenvalue weighted by molar-refractivity contribution is 0.258. The summed E-state index contributed by atoms with van der Waals surface area (Å²) in [5, 5.41) is 0. The van der Waals surface area contributed by atoms with Gasteiger partial charge in [0.1, 0.15) is 0 Å². The van der Waals surface area contributed by atoms with Crippen LogP contribution in [0, 0.1) is 5.92 Å². The van der Waals surface area contributed by atoms with Gasteiger partial charge in [0.05, 0.1) is 12.4 Å². The topological polar surface area (TPSA) is 9.23 Å². The minimum Gasteiger partial charge on any atom is -0.498 e. The van der Waals surface area contributed by atoms with Gasteiger partial charge in [-0.2, -0.15) is 0 Å². The van der Waals surface area contributed by atoms with E-state index in [1.54, 1.807) is 0 Å². The summed E-state index contributed by atoms with van der Waals surface area (Å²) < 4.78 is 5.42. The van der Waals surface area contributed by atoms with Gasteiger partial charge in [0.2, 0.25) is 0 Å². The standard InChI is InChI=1S/C9H12O/c1-7-2-3-9-8(6-7)4-5-10-9/h2-3,8H,4-6H2,1H3. The van der Waals surface area contributed by atoms with E-state index in [-0.39, 0.29) is 0 Å². The van der Waals surface area contributed by atoms with Crippen molar-refractivity contribution in [1.29, 1.82) is 0 Å². The molecule has 2 aliphatic rings. The predicted molar refractivity (Wildman–Crippen MR) is 40.5 cm³/mol. The van der Waals surface area contributed by atoms with Crippen LogP contribution in [0.1, 0.15) is 19.8 Å². The largest absolute Gasteiger partial charge is 0.498 e. The Labute approximate surface area is 61.4 Å². The van der Waals surface area contributed by atoms with Crippen molar-refractivity contribution in [2.75, 3.05) is 6.61 Å². The van der Waals surface area contributed by atoms with Crippen LogP contribution in [0.15, 0.2) is 23.5 Å². The van der Waals surface area contributed by atoms with Crippen molar-refractivity contribution in [3.8, 4) is 0 Å². The number of hydrogen-bond acceptors (Lipinski definition) is 1. The Morgan fingerprint density at radius 2 is 2.40 bits per heavy atom. The third kappa shape index (κ3) is 0.859. The van der Waals surface area contributed by atoms with E-state index in [4.69, 9.17) is 4.74 Å². The van der Waals surface area contributed by atoms with Crippen LogP contribution in [-0.4, -0.2) is 6.61 Å². The average molecular weight is 136 g/mol. The molecular weight excluding hydrogens is 124 g/mol. The maximum absolute atomic E-state index is 5.42. The monoisotopic (exact) mass is 136 g/mol. The summed E-state index contributed by atoms with van der Waals surface area (Å²) in [6.07, 6.45) is 6.72. The molecule has 0 aromatic carbocycles. The summed E-state index contributed by atoms with van der Waals surface area (Å²) in [7, 11) is 0. The second-order valence-corrected chi connectivity index (χ2v) is 3.12. The van der Waals surface area contributed by atoms with Gasteiger partial charge >= 0.3 is 0 Å². The predicted octanol–water partition coefficient (Wildman–Crippen LogP) is 2.26. The maximum atomic E-state index is 5.42. The van der Waals surface area contributed by atoms with Gasteiger partial charge in [0.15, 0.2) is 0 Å². The van der Waals surface area contributed by atoms with Crippen molar-refractivity contribution in [2.24, 2.45) is 5.92 Å². The van der Waals surface area contributed by atoms with Crippen LogP contribution in [0.5, 0.6) is 0 Å². The summed E-state index contributed by atoms with van der Waals surface area (Å²) >= 11 is 0. The first-order valence-electron chi connectivity index (χ1n) is 3.86. The van der Waals surface area contributed by atoms with Gasteiger partial charge in [0.25, 0.3) is 0 Å². The van der Waals surface area contributed by atoms with Crippen molar-refractivity contribution in [1.82, 2.24) is 0 Å². The fraction of sp³-hybridized carbons (Fsp3) is 0.556. The van der Waals surface area contributed by atoms with Crippen LogP contribution in [0.25, 0.3) is 0 Å². The van der Waals surface area contributed by atoms with Crippen LogP contribution in [0.2, 0.25) is 0 Å². The highest BCUT2D eigenvalue weighted by Crippen LogP contribution is 2.33. The number of fused-ring (bicyclic) bond motifs is 1. The molecule has 2 rings (SSSR count). The lowest BCUT2D eigenvalue weighted by Gasteiger charge is -2.13. The summed E-state index contributed by atoms with van der Waals surface area (Å²) in [6, 6.07) is 0. The zero-order valence-electron chi connectivity index (χ0n) is 6.26. The van der Waals surface area contributed by atoms with E-state index in [1.165, 1.54) is 24.2 Å².